The van der Waals surface area contributed by atoms with Gasteiger partial charge in [0.05, 0.1) is 18.0 Å². The summed E-state index contributed by atoms with van der Waals surface area (Å²) in [5.74, 6) is 1.56. The van der Waals surface area contributed by atoms with Crippen LogP contribution in [0, 0.1) is 5.92 Å². The number of rotatable bonds is 10. The van der Waals surface area contributed by atoms with Crippen molar-refractivity contribution in [1.29, 1.82) is 0 Å². The van der Waals surface area contributed by atoms with Gasteiger partial charge in [-0.15, -0.1) is 10.2 Å². The largest absolute Gasteiger partial charge is 0.491 e. The fourth-order valence-corrected chi connectivity index (χ4v) is 4.81. The lowest BCUT2D eigenvalue weighted by Crippen LogP contribution is -2.37. The molecule has 0 fully saturated rings. The molecule has 160 valence electrons. The third-order valence-electron chi connectivity index (χ3n) is 3.38. The van der Waals surface area contributed by atoms with Crippen molar-refractivity contribution in [2.75, 3.05) is 28.2 Å². The molecule has 1 heterocycles. The van der Waals surface area contributed by atoms with Gasteiger partial charge in [0.1, 0.15) is 12.3 Å². The number of sulfonamides is 1. The Hall–Kier alpha value is -1.85. The van der Waals surface area contributed by atoms with Crippen LogP contribution in [-0.2, 0) is 14.8 Å². The molecule has 11 heteroatoms. The predicted octanol–water partition coefficient (Wildman–Crippen LogP) is 3.48. The molecule has 0 atom stereocenters. The standard InChI is InChI=1S/C18H26N4O4S3/c1-12(2)11-27-18-21-20-17(28-18)19-16(23)10-22(29(5,24)25)14-6-8-15(9-7-14)26-13(3)4/h6-9,12-13H,10-11H2,1-5H3,(H,19,20,23). The van der Waals surface area contributed by atoms with Gasteiger partial charge in [0.2, 0.25) is 21.1 Å². The van der Waals surface area contributed by atoms with Crippen molar-refractivity contribution < 1.29 is 17.9 Å². The van der Waals surface area contributed by atoms with E-state index in [2.05, 4.69) is 29.4 Å². The van der Waals surface area contributed by atoms with Gasteiger partial charge in [-0.2, -0.15) is 0 Å². The van der Waals surface area contributed by atoms with E-state index in [-0.39, 0.29) is 12.6 Å². The van der Waals surface area contributed by atoms with Crippen LogP contribution in [0.5, 0.6) is 5.75 Å². The van der Waals surface area contributed by atoms with Gasteiger partial charge in [-0.05, 0) is 44.0 Å². The second-order valence-electron chi connectivity index (χ2n) is 7.06. The summed E-state index contributed by atoms with van der Waals surface area (Å²) in [7, 11) is -3.66. The number of nitrogens with zero attached hydrogens (tertiary/aromatic N) is 3. The summed E-state index contributed by atoms with van der Waals surface area (Å²) in [6.07, 6.45) is 1.07. The SMILES string of the molecule is CC(C)CSc1nnc(NC(=O)CN(c2ccc(OC(C)C)cc2)S(C)(=O)=O)s1. The highest BCUT2D eigenvalue weighted by Crippen LogP contribution is 2.27. The molecule has 1 N–H and O–H groups in total. The number of hydrogen-bond acceptors (Lipinski definition) is 8. The maximum absolute atomic E-state index is 12.4. The molecular weight excluding hydrogens is 432 g/mol. The Morgan fingerprint density at radius 1 is 1.21 bits per heavy atom. The number of carbonyl (C=O) groups excluding carboxylic acids is 1. The smallest absolute Gasteiger partial charge is 0.246 e. The zero-order valence-corrected chi connectivity index (χ0v) is 19.5. The minimum Gasteiger partial charge on any atom is -0.491 e. The lowest BCUT2D eigenvalue weighted by molar-refractivity contribution is -0.114. The molecule has 2 aromatic rings. The third-order valence-corrected chi connectivity index (χ3v) is 6.92. The number of ether oxygens (including phenoxy) is 1. The van der Waals surface area contributed by atoms with E-state index in [1.165, 1.54) is 11.3 Å². The van der Waals surface area contributed by atoms with Crippen LogP contribution in [0.4, 0.5) is 10.8 Å². The van der Waals surface area contributed by atoms with Gasteiger partial charge in [0, 0.05) is 5.75 Å². The van der Waals surface area contributed by atoms with E-state index in [0.29, 0.717) is 22.5 Å². The summed E-state index contributed by atoms with van der Waals surface area (Å²) in [4.78, 5) is 12.4. The fourth-order valence-electron chi connectivity index (χ4n) is 2.21. The second-order valence-corrected chi connectivity index (χ2v) is 11.2. The Labute approximate surface area is 180 Å². The summed E-state index contributed by atoms with van der Waals surface area (Å²) in [6, 6.07) is 6.57. The van der Waals surface area contributed by atoms with Crippen LogP contribution in [0.15, 0.2) is 28.6 Å². The second kappa shape index (κ2) is 10.3. The van der Waals surface area contributed by atoms with Crippen LogP contribution < -0.4 is 14.4 Å². The Morgan fingerprint density at radius 3 is 2.41 bits per heavy atom. The summed E-state index contributed by atoms with van der Waals surface area (Å²) < 4.78 is 31.8. The van der Waals surface area contributed by atoms with Crippen LogP contribution in [0.3, 0.4) is 0 Å². The molecule has 8 nitrogen and oxygen atoms in total. The van der Waals surface area contributed by atoms with Crippen molar-refractivity contribution >= 4 is 49.8 Å². The van der Waals surface area contributed by atoms with Crippen molar-refractivity contribution in [3.8, 4) is 5.75 Å². The number of thioether (sulfide) groups is 1. The Bertz CT molecular complexity index is 911. The highest BCUT2D eigenvalue weighted by Gasteiger charge is 2.22. The van der Waals surface area contributed by atoms with Gasteiger partial charge >= 0.3 is 0 Å². The molecular formula is C18H26N4O4S3. The van der Waals surface area contributed by atoms with E-state index < -0.39 is 15.9 Å². The number of aromatic nitrogens is 2. The zero-order chi connectivity index (χ0) is 21.6. The van der Waals surface area contributed by atoms with Gasteiger partial charge in [-0.3, -0.25) is 14.4 Å². The molecule has 0 saturated heterocycles. The molecule has 0 radical (unpaired) electrons. The van der Waals surface area contributed by atoms with Gasteiger partial charge in [0.25, 0.3) is 0 Å². The third kappa shape index (κ3) is 7.82. The predicted molar refractivity (Wildman–Crippen MR) is 118 cm³/mol. The highest BCUT2D eigenvalue weighted by molar-refractivity contribution is 8.01. The van der Waals surface area contributed by atoms with E-state index in [1.807, 2.05) is 13.8 Å². The molecule has 0 unspecified atom stereocenters. The zero-order valence-electron chi connectivity index (χ0n) is 17.1. The molecule has 2 rings (SSSR count). The normalized spacial score (nSPS) is 11.7. The highest BCUT2D eigenvalue weighted by atomic mass is 32.2. The maximum Gasteiger partial charge on any atom is 0.246 e. The topological polar surface area (TPSA) is 101 Å². The van der Waals surface area contributed by atoms with Gasteiger partial charge in [-0.25, -0.2) is 8.42 Å². The lowest BCUT2D eigenvalue weighted by Gasteiger charge is -2.22. The van der Waals surface area contributed by atoms with Crippen LogP contribution in [0.25, 0.3) is 0 Å². The first-order chi connectivity index (χ1) is 13.5. The van der Waals surface area contributed by atoms with Crippen molar-refractivity contribution in [2.24, 2.45) is 5.92 Å². The van der Waals surface area contributed by atoms with Crippen LogP contribution in [-0.4, -0.2) is 49.2 Å². The van der Waals surface area contributed by atoms with Crippen LogP contribution >= 0.6 is 23.1 Å². The van der Waals surface area contributed by atoms with Crippen LogP contribution in [0.2, 0.25) is 0 Å². The summed E-state index contributed by atoms with van der Waals surface area (Å²) in [5, 5.41) is 10.9. The van der Waals surface area contributed by atoms with E-state index in [4.69, 9.17) is 4.74 Å². The summed E-state index contributed by atoms with van der Waals surface area (Å²) in [6.45, 7) is 7.66. The quantitative estimate of drug-likeness (QED) is 0.430. The van der Waals surface area contributed by atoms with Crippen molar-refractivity contribution in [3.05, 3.63) is 24.3 Å². The molecule has 0 aliphatic rings. The summed E-state index contributed by atoms with van der Waals surface area (Å²) in [5.41, 5.74) is 0.379. The van der Waals surface area contributed by atoms with Crippen LogP contribution in [0.1, 0.15) is 27.7 Å². The molecule has 1 aromatic carbocycles. The van der Waals surface area contributed by atoms with Crippen molar-refractivity contribution in [2.45, 2.75) is 38.1 Å². The molecule has 0 saturated carbocycles. The number of nitrogens with one attached hydrogen (secondary N) is 1. The van der Waals surface area contributed by atoms with E-state index >= 15 is 0 Å². The molecule has 0 aliphatic heterocycles. The number of carbonyl (C=O) groups is 1. The Balaban J connectivity index is 2.06. The van der Waals surface area contributed by atoms with Gasteiger partial charge < -0.3 is 4.74 Å². The molecule has 0 bridgehead atoms. The maximum atomic E-state index is 12.4. The Morgan fingerprint density at radius 2 is 1.86 bits per heavy atom. The molecule has 1 aromatic heterocycles. The van der Waals surface area contributed by atoms with E-state index in [9.17, 15) is 13.2 Å². The van der Waals surface area contributed by atoms with Gasteiger partial charge in [0.15, 0.2) is 4.34 Å². The summed E-state index contributed by atoms with van der Waals surface area (Å²) >= 11 is 2.84. The molecule has 0 aliphatic carbocycles. The minimum absolute atomic E-state index is 0.00753. The minimum atomic E-state index is -3.66. The number of benzene rings is 1. The van der Waals surface area contributed by atoms with Gasteiger partial charge in [-0.1, -0.05) is 36.9 Å². The number of amides is 1. The lowest BCUT2D eigenvalue weighted by atomic mass is 10.3. The number of anilines is 2. The first kappa shape index (κ1) is 23.4. The average Bonchev–Trinajstić information content (AvgIpc) is 3.04. The van der Waals surface area contributed by atoms with E-state index in [0.717, 1.165) is 20.7 Å². The fraction of sp³-hybridized carbons (Fsp3) is 0.500. The first-order valence-corrected chi connectivity index (χ1v) is 12.7. The monoisotopic (exact) mass is 458 g/mol. The molecule has 0 spiro atoms. The molecule has 1 amide bonds. The Kier molecular flexibility index (Phi) is 8.29. The van der Waals surface area contributed by atoms with E-state index in [1.54, 1.807) is 36.0 Å². The van der Waals surface area contributed by atoms with Crippen molar-refractivity contribution in [3.63, 3.8) is 0 Å². The average molecular weight is 459 g/mol. The van der Waals surface area contributed by atoms with Crippen molar-refractivity contribution in [1.82, 2.24) is 10.2 Å². The molecule has 29 heavy (non-hydrogen) atoms. The first-order valence-electron chi connectivity index (χ1n) is 9.05. The number of hydrogen-bond donors (Lipinski definition) is 1.